The van der Waals surface area contributed by atoms with E-state index in [4.69, 9.17) is 23.7 Å². The number of anilines is 1. The Bertz CT molecular complexity index is 245. The molecular weight excluding hydrogens is 148 g/mol. The van der Waals surface area contributed by atoms with Crippen LogP contribution in [0.4, 0.5) is 5.82 Å². The first-order chi connectivity index (χ1) is 4.63. The van der Waals surface area contributed by atoms with Crippen LogP contribution >= 0.6 is 12.2 Å². The van der Waals surface area contributed by atoms with Crippen molar-refractivity contribution in [1.82, 2.24) is 9.55 Å². The maximum atomic E-state index is 5.44. The molecule has 4 nitrogen and oxygen atoms in total. The van der Waals surface area contributed by atoms with Gasteiger partial charge >= 0.3 is 0 Å². The van der Waals surface area contributed by atoms with Gasteiger partial charge in [0.15, 0.2) is 5.82 Å². The number of nitrogen functional groups attached to an aromatic ring is 1. The molecule has 1 aromatic heterocycles. The van der Waals surface area contributed by atoms with E-state index in [-0.39, 0.29) is 4.99 Å². The summed E-state index contributed by atoms with van der Waals surface area (Å²) in [6, 6.07) is 0. The van der Waals surface area contributed by atoms with E-state index in [1.54, 1.807) is 17.9 Å². The summed E-state index contributed by atoms with van der Waals surface area (Å²) in [7, 11) is 1.79. The van der Waals surface area contributed by atoms with Crippen LogP contribution in [0.5, 0.6) is 0 Å². The predicted molar refractivity (Wildman–Crippen MR) is 43.5 cm³/mol. The molecule has 0 saturated carbocycles. The summed E-state index contributed by atoms with van der Waals surface area (Å²) in [6.45, 7) is 0. The average molecular weight is 156 g/mol. The Morgan fingerprint density at radius 2 is 2.40 bits per heavy atom. The third-order valence-electron chi connectivity index (χ3n) is 1.20. The molecule has 1 rings (SSSR count). The molecule has 0 amide bonds. The molecule has 0 aliphatic rings. The smallest absolute Gasteiger partial charge is 0.152 e. The largest absolute Gasteiger partial charge is 0.388 e. The lowest BCUT2D eigenvalue weighted by Crippen LogP contribution is -2.15. The number of aromatic nitrogens is 2. The predicted octanol–water partition coefficient (Wildman–Crippen LogP) is -0.364. The van der Waals surface area contributed by atoms with Gasteiger partial charge in [0.1, 0.15) is 10.7 Å². The highest BCUT2D eigenvalue weighted by Crippen LogP contribution is 2.06. The SMILES string of the molecule is Cn1cnc(N)c1C(N)=S. The van der Waals surface area contributed by atoms with Crippen LogP contribution in [0.3, 0.4) is 0 Å². The summed E-state index contributed by atoms with van der Waals surface area (Å²) >= 11 is 4.73. The number of hydrogen-bond acceptors (Lipinski definition) is 3. The number of nitrogens with zero attached hydrogens (tertiary/aromatic N) is 2. The van der Waals surface area contributed by atoms with Gasteiger partial charge in [0.05, 0.1) is 6.33 Å². The molecule has 4 N–H and O–H groups in total. The van der Waals surface area contributed by atoms with Crippen LogP contribution in [0.15, 0.2) is 6.33 Å². The minimum Gasteiger partial charge on any atom is -0.388 e. The minimum atomic E-state index is 0.275. The molecule has 1 heterocycles. The molecule has 0 aliphatic carbocycles. The fourth-order valence-electron chi connectivity index (χ4n) is 0.748. The zero-order valence-corrected chi connectivity index (χ0v) is 6.35. The Hall–Kier alpha value is -1.10. The van der Waals surface area contributed by atoms with Gasteiger partial charge in [-0.3, -0.25) is 0 Å². The van der Waals surface area contributed by atoms with Crippen molar-refractivity contribution in [3.63, 3.8) is 0 Å². The van der Waals surface area contributed by atoms with Crippen molar-refractivity contribution in [2.45, 2.75) is 0 Å². The number of nitrogens with two attached hydrogens (primary N) is 2. The van der Waals surface area contributed by atoms with Gasteiger partial charge in [0.2, 0.25) is 0 Å². The number of rotatable bonds is 1. The number of thiocarbonyl (C=S) groups is 1. The number of aryl methyl sites for hydroxylation is 1. The molecular formula is C5H8N4S. The van der Waals surface area contributed by atoms with Gasteiger partial charge < -0.3 is 16.0 Å². The Morgan fingerprint density at radius 1 is 1.80 bits per heavy atom. The zero-order chi connectivity index (χ0) is 7.72. The molecule has 0 radical (unpaired) electrons. The molecule has 0 aliphatic heterocycles. The number of hydrogen-bond donors (Lipinski definition) is 2. The van der Waals surface area contributed by atoms with E-state index in [1.165, 1.54) is 0 Å². The molecule has 0 fully saturated rings. The zero-order valence-electron chi connectivity index (χ0n) is 5.53. The topological polar surface area (TPSA) is 69.9 Å². The lowest BCUT2D eigenvalue weighted by molar-refractivity contribution is 0.903. The summed E-state index contributed by atoms with van der Waals surface area (Å²) in [5.74, 6) is 0.384. The lowest BCUT2D eigenvalue weighted by Gasteiger charge is -1.98. The standard InChI is InChI=1S/C5H8N4S/c1-9-2-8-4(6)3(9)5(7)10/h2H,6H2,1H3,(H2,7,10). The molecule has 5 heteroatoms. The van der Waals surface area contributed by atoms with Crippen LogP contribution in [0.2, 0.25) is 0 Å². The monoisotopic (exact) mass is 156 g/mol. The van der Waals surface area contributed by atoms with E-state index < -0.39 is 0 Å². The molecule has 54 valence electrons. The minimum absolute atomic E-state index is 0.275. The van der Waals surface area contributed by atoms with E-state index in [1.807, 2.05) is 0 Å². The van der Waals surface area contributed by atoms with Gasteiger partial charge in [0, 0.05) is 7.05 Å². The van der Waals surface area contributed by atoms with Crippen LogP contribution in [-0.2, 0) is 7.05 Å². The molecule has 0 unspecified atom stereocenters. The van der Waals surface area contributed by atoms with Gasteiger partial charge in [-0.1, -0.05) is 12.2 Å². The molecule has 0 atom stereocenters. The quantitative estimate of drug-likeness (QED) is 0.545. The van der Waals surface area contributed by atoms with Crippen LogP contribution in [0, 0.1) is 0 Å². The third kappa shape index (κ3) is 0.950. The second kappa shape index (κ2) is 2.26. The van der Waals surface area contributed by atoms with Gasteiger partial charge in [0.25, 0.3) is 0 Å². The van der Waals surface area contributed by atoms with Crippen molar-refractivity contribution >= 4 is 23.0 Å². The van der Waals surface area contributed by atoms with Crippen molar-refractivity contribution in [2.75, 3.05) is 5.73 Å². The second-order valence-electron chi connectivity index (χ2n) is 1.95. The Balaban J connectivity index is 3.23. The highest BCUT2D eigenvalue weighted by atomic mass is 32.1. The van der Waals surface area contributed by atoms with Gasteiger partial charge in [-0.25, -0.2) is 4.98 Å². The number of imidazole rings is 1. The van der Waals surface area contributed by atoms with Crippen molar-refractivity contribution < 1.29 is 0 Å². The van der Waals surface area contributed by atoms with Crippen molar-refractivity contribution in [2.24, 2.45) is 12.8 Å². The summed E-state index contributed by atoms with van der Waals surface area (Å²) in [5, 5.41) is 0. The first kappa shape index (κ1) is 7.01. The molecule has 0 bridgehead atoms. The van der Waals surface area contributed by atoms with E-state index in [0.717, 1.165) is 0 Å². The van der Waals surface area contributed by atoms with Crippen LogP contribution in [0.1, 0.15) is 5.69 Å². The van der Waals surface area contributed by atoms with Crippen molar-refractivity contribution in [3.8, 4) is 0 Å². The molecule has 10 heavy (non-hydrogen) atoms. The molecule has 0 spiro atoms. The summed E-state index contributed by atoms with van der Waals surface area (Å²) < 4.78 is 1.69. The second-order valence-corrected chi connectivity index (χ2v) is 2.39. The van der Waals surface area contributed by atoms with E-state index >= 15 is 0 Å². The van der Waals surface area contributed by atoms with E-state index in [2.05, 4.69) is 4.98 Å². The van der Waals surface area contributed by atoms with Gasteiger partial charge in [-0.05, 0) is 0 Å². The Morgan fingerprint density at radius 3 is 2.60 bits per heavy atom. The van der Waals surface area contributed by atoms with Crippen molar-refractivity contribution in [3.05, 3.63) is 12.0 Å². The maximum absolute atomic E-state index is 5.44. The maximum Gasteiger partial charge on any atom is 0.152 e. The summed E-state index contributed by atoms with van der Waals surface area (Å²) in [5.41, 5.74) is 11.4. The van der Waals surface area contributed by atoms with E-state index in [9.17, 15) is 0 Å². The summed E-state index contributed by atoms with van der Waals surface area (Å²) in [6.07, 6.45) is 1.57. The highest BCUT2D eigenvalue weighted by molar-refractivity contribution is 7.80. The van der Waals surface area contributed by atoms with Crippen molar-refractivity contribution in [1.29, 1.82) is 0 Å². The molecule has 1 aromatic rings. The van der Waals surface area contributed by atoms with Gasteiger partial charge in [-0.2, -0.15) is 0 Å². The van der Waals surface area contributed by atoms with Crippen LogP contribution < -0.4 is 11.5 Å². The first-order valence-electron chi connectivity index (χ1n) is 2.69. The third-order valence-corrected chi connectivity index (χ3v) is 1.39. The molecule has 0 saturated heterocycles. The first-order valence-corrected chi connectivity index (χ1v) is 3.10. The fraction of sp³-hybridized carbons (Fsp3) is 0.200. The lowest BCUT2D eigenvalue weighted by atomic mass is 10.4. The summed E-state index contributed by atoms with van der Waals surface area (Å²) in [4.78, 5) is 4.09. The Kier molecular flexibility index (Phi) is 1.58. The normalized spacial score (nSPS) is 9.70. The van der Waals surface area contributed by atoms with Crippen LogP contribution in [-0.4, -0.2) is 14.5 Å². The fourth-order valence-corrected chi connectivity index (χ4v) is 0.997. The average Bonchev–Trinajstić information content (AvgIpc) is 2.11. The Labute approximate surface area is 63.8 Å². The van der Waals surface area contributed by atoms with Crippen LogP contribution in [0.25, 0.3) is 0 Å². The molecule has 0 aromatic carbocycles. The highest BCUT2D eigenvalue weighted by Gasteiger charge is 2.06. The van der Waals surface area contributed by atoms with Gasteiger partial charge in [-0.15, -0.1) is 0 Å². The van der Waals surface area contributed by atoms with E-state index in [0.29, 0.717) is 11.5 Å².